The SMILES string of the molecule is COC(=O)C(C)NC(=O)Nc1cccc(C(C)O)c1. The molecule has 3 N–H and O–H groups in total. The number of benzene rings is 1. The molecule has 104 valence electrons. The van der Waals surface area contributed by atoms with Crippen LogP contribution in [0.25, 0.3) is 0 Å². The second-order valence-electron chi connectivity index (χ2n) is 4.14. The van der Waals surface area contributed by atoms with Gasteiger partial charge in [0.15, 0.2) is 0 Å². The van der Waals surface area contributed by atoms with Crippen molar-refractivity contribution in [3.05, 3.63) is 29.8 Å². The van der Waals surface area contributed by atoms with Gasteiger partial charge in [0.1, 0.15) is 6.04 Å². The number of nitrogens with one attached hydrogen (secondary N) is 2. The first-order valence-electron chi connectivity index (χ1n) is 5.87. The van der Waals surface area contributed by atoms with Gasteiger partial charge in [-0.25, -0.2) is 9.59 Å². The van der Waals surface area contributed by atoms with Gasteiger partial charge >= 0.3 is 12.0 Å². The van der Waals surface area contributed by atoms with Crippen molar-refractivity contribution in [2.75, 3.05) is 12.4 Å². The average Bonchev–Trinajstić information content (AvgIpc) is 2.37. The van der Waals surface area contributed by atoms with E-state index < -0.39 is 24.1 Å². The van der Waals surface area contributed by atoms with Crippen LogP contribution in [0, 0.1) is 0 Å². The van der Waals surface area contributed by atoms with E-state index >= 15 is 0 Å². The van der Waals surface area contributed by atoms with Gasteiger partial charge in [0.25, 0.3) is 0 Å². The van der Waals surface area contributed by atoms with E-state index in [1.807, 2.05) is 0 Å². The van der Waals surface area contributed by atoms with Gasteiger partial charge in [0.2, 0.25) is 0 Å². The fraction of sp³-hybridized carbons (Fsp3) is 0.385. The Balaban J connectivity index is 2.62. The molecule has 2 amide bonds. The Kier molecular flexibility index (Phi) is 5.32. The summed E-state index contributed by atoms with van der Waals surface area (Å²) in [6, 6.07) is 5.58. The lowest BCUT2D eigenvalue weighted by Gasteiger charge is -2.13. The topological polar surface area (TPSA) is 87.7 Å². The van der Waals surface area contributed by atoms with Crippen LogP contribution in [0.5, 0.6) is 0 Å². The largest absolute Gasteiger partial charge is 0.467 e. The number of hydrogen-bond donors (Lipinski definition) is 3. The van der Waals surface area contributed by atoms with E-state index in [0.29, 0.717) is 11.3 Å². The molecule has 0 radical (unpaired) electrons. The predicted octanol–water partition coefficient (Wildman–Crippen LogP) is 1.42. The highest BCUT2D eigenvalue weighted by atomic mass is 16.5. The molecule has 6 heteroatoms. The van der Waals surface area contributed by atoms with Crippen molar-refractivity contribution in [1.82, 2.24) is 5.32 Å². The first kappa shape index (κ1) is 15.0. The monoisotopic (exact) mass is 266 g/mol. The number of ether oxygens (including phenoxy) is 1. The second kappa shape index (κ2) is 6.75. The minimum absolute atomic E-state index is 0.513. The number of amides is 2. The first-order valence-corrected chi connectivity index (χ1v) is 5.87. The summed E-state index contributed by atoms with van der Waals surface area (Å²) >= 11 is 0. The quantitative estimate of drug-likeness (QED) is 0.719. The smallest absolute Gasteiger partial charge is 0.328 e. The number of hydrogen-bond acceptors (Lipinski definition) is 4. The first-order chi connectivity index (χ1) is 8.93. The molecule has 2 atom stereocenters. The molecule has 0 saturated carbocycles. The summed E-state index contributed by atoms with van der Waals surface area (Å²) < 4.78 is 4.50. The van der Waals surface area contributed by atoms with Crippen LogP contribution in [0.3, 0.4) is 0 Å². The van der Waals surface area contributed by atoms with Crippen molar-refractivity contribution in [3.8, 4) is 0 Å². The molecule has 0 spiro atoms. The third kappa shape index (κ3) is 4.59. The Hall–Kier alpha value is -2.08. The van der Waals surface area contributed by atoms with E-state index in [2.05, 4.69) is 15.4 Å². The zero-order valence-corrected chi connectivity index (χ0v) is 11.1. The fourth-order valence-corrected chi connectivity index (χ4v) is 1.48. The van der Waals surface area contributed by atoms with Crippen molar-refractivity contribution in [3.63, 3.8) is 0 Å². The zero-order valence-electron chi connectivity index (χ0n) is 11.1. The third-order valence-corrected chi connectivity index (χ3v) is 2.53. The number of anilines is 1. The van der Waals surface area contributed by atoms with Gasteiger partial charge in [0.05, 0.1) is 13.2 Å². The lowest BCUT2D eigenvalue weighted by molar-refractivity contribution is -0.142. The van der Waals surface area contributed by atoms with Crippen molar-refractivity contribution < 1.29 is 19.4 Å². The van der Waals surface area contributed by atoms with Crippen LogP contribution < -0.4 is 10.6 Å². The standard InChI is InChI=1S/C13H18N2O4/c1-8(12(17)19-3)14-13(18)15-11-6-4-5-10(7-11)9(2)16/h4-9,16H,1-3H3,(H2,14,15,18). The van der Waals surface area contributed by atoms with Gasteiger partial charge in [-0.15, -0.1) is 0 Å². The Morgan fingerprint density at radius 2 is 2.00 bits per heavy atom. The van der Waals surface area contributed by atoms with Crippen molar-refractivity contribution >= 4 is 17.7 Å². The number of urea groups is 1. The molecule has 6 nitrogen and oxygen atoms in total. The highest BCUT2D eigenvalue weighted by molar-refractivity contribution is 5.92. The molecule has 0 aliphatic carbocycles. The number of carbonyl (C=O) groups is 2. The molecule has 0 fully saturated rings. The highest BCUT2D eigenvalue weighted by Gasteiger charge is 2.15. The second-order valence-corrected chi connectivity index (χ2v) is 4.14. The molecule has 1 aromatic carbocycles. The molecule has 1 aromatic rings. The maximum absolute atomic E-state index is 11.6. The Bertz CT molecular complexity index is 460. The maximum Gasteiger partial charge on any atom is 0.328 e. The third-order valence-electron chi connectivity index (χ3n) is 2.53. The van der Waals surface area contributed by atoms with Crippen LogP contribution in [0.15, 0.2) is 24.3 Å². The minimum Gasteiger partial charge on any atom is -0.467 e. The van der Waals surface area contributed by atoms with Gasteiger partial charge in [-0.3, -0.25) is 0 Å². The van der Waals surface area contributed by atoms with Crippen LogP contribution in [0.1, 0.15) is 25.5 Å². The number of aliphatic hydroxyl groups excluding tert-OH is 1. The lowest BCUT2D eigenvalue weighted by atomic mass is 10.1. The Morgan fingerprint density at radius 3 is 2.58 bits per heavy atom. The van der Waals surface area contributed by atoms with Crippen LogP contribution >= 0.6 is 0 Å². The normalized spacial score (nSPS) is 13.3. The molecule has 0 aliphatic rings. The van der Waals surface area contributed by atoms with E-state index in [0.717, 1.165) is 0 Å². The minimum atomic E-state index is -0.732. The Morgan fingerprint density at radius 1 is 1.32 bits per heavy atom. The van der Waals surface area contributed by atoms with Crippen molar-refractivity contribution in [2.45, 2.75) is 26.0 Å². The number of aliphatic hydroxyl groups is 1. The van der Waals surface area contributed by atoms with Gasteiger partial charge < -0.3 is 20.5 Å². The lowest BCUT2D eigenvalue weighted by Crippen LogP contribution is -2.41. The molecule has 0 aromatic heterocycles. The van der Waals surface area contributed by atoms with E-state index in [1.165, 1.54) is 14.0 Å². The number of methoxy groups -OCH3 is 1. The number of esters is 1. The number of rotatable bonds is 4. The summed E-state index contributed by atoms with van der Waals surface area (Å²) in [7, 11) is 1.25. The summed E-state index contributed by atoms with van der Waals surface area (Å²) in [5.74, 6) is -0.520. The van der Waals surface area contributed by atoms with Crippen LogP contribution in [0.2, 0.25) is 0 Å². The average molecular weight is 266 g/mol. The van der Waals surface area contributed by atoms with Crippen LogP contribution in [-0.4, -0.2) is 30.3 Å². The van der Waals surface area contributed by atoms with Gasteiger partial charge in [-0.05, 0) is 31.5 Å². The molecule has 1 rings (SSSR count). The van der Waals surface area contributed by atoms with E-state index in [-0.39, 0.29) is 0 Å². The van der Waals surface area contributed by atoms with Crippen molar-refractivity contribution in [2.24, 2.45) is 0 Å². The van der Waals surface area contributed by atoms with Crippen LogP contribution in [0.4, 0.5) is 10.5 Å². The predicted molar refractivity (Wildman–Crippen MR) is 70.7 cm³/mol. The zero-order chi connectivity index (χ0) is 14.4. The summed E-state index contributed by atoms with van der Waals surface area (Å²) in [5.41, 5.74) is 1.23. The molecule has 2 unspecified atom stereocenters. The molecular formula is C13H18N2O4. The molecular weight excluding hydrogens is 248 g/mol. The summed E-state index contributed by atoms with van der Waals surface area (Å²) in [6.07, 6.45) is -0.612. The van der Waals surface area contributed by atoms with E-state index in [9.17, 15) is 14.7 Å². The molecule has 0 saturated heterocycles. The number of carbonyl (C=O) groups excluding carboxylic acids is 2. The van der Waals surface area contributed by atoms with Crippen molar-refractivity contribution in [1.29, 1.82) is 0 Å². The molecule has 19 heavy (non-hydrogen) atoms. The summed E-state index contributed by atoms with van der Waals surface area (Å²) in [5, 5.41) is 14.5. The maximum atomic E-state index is 11.6. The van der Waals surface area contributed by atoms with Gasteiger partial charge in [0, 0.05) is 5.69 Å². The van der Waals surface area contributed by atoms with E-state index in [4.69, 9.17) is 0 Å². The highest BCUT2D eigenvalue weighted by Crippen LogP contribution is 2.16. The molecule has 0 bridgehead atoms. The van der Waals surface area contributed by atoms with Crippen LogP contribution in [-0.2, 0) is 9.53 Å². The molecule has 0 heterocycles. The van der Waals surface area contributed by atoms with E-state index in [1.54, 1.807) is 31.2 Å². The summed E-state index contributed by atoms with van der Waals surface area (Å²) in [6.45, 7) is 3.16. The summed E-state index contributed by atoms with van der Waals surface area (Å²) in [4.78, 5) is 22.8. The Labute approximate surface area is 111 Å². The fourth-order valence-electron chi connectivity index (χ4n) is 1.48. The van der Waals surface area contributed by atoms with Gasteiger partial charge in [-0.2, -0.15) is 0 Å². The molecule has 0 aliphatic heterocycles. The van der Waals surface area contributed by atoms with Gasteiger partial charge in [-0.1, -0.05) is 12.1 Å².